The van der Waals surface area contributed by atoms with Gasteiger partial charge in [-0.15, -0.1) is 12.4 Å². The quantitative estimate of drug-likeness (QED) is 0.744. The molecule has 5 nitrogen and oxygen atoms in total. The number of alkyl halides is 2. The molecule has 24 heavy (non-hydrogen) atoms. The molecule has 0 aromatic heterocycles. The van der Waals surface area contributed by atoms with Gasteiger partial charge in [-0.25, -0.2) is 0 Å². The largest absolute Gasteiger partial charge is 0.493 e. The number of benzene rings is 1. The zero-order chi connectivity index (χ0) is 16.7. The van der Waals surface area contributed by atoms with Crippen molar-refractivity contribution in [2.24, 2.45) is 0 Å². The molecule has 1 unspecified atom stereocenters. The van der Waals surface area contributed by atoms with Gasteiger partial charge in [0, 0.05) is 18.2 Å². The fourth-order valence-corrected chi connectivity index (χ4v) is 2.41. The van der Waals surface area contributed by atoms with Crippen LogP contribution in [-0.4, -0.2) is 31.7 Å². The standard InChI is InChI=1S/C16H22F2N2O3.ClH/c1-2-8-22-12-6-5-11(14(9-12)23-16(17)18)10-20-15(21)13-4-3-7-19-13;/h5-6,9,13,16,19H,2-4,7-8,10H2,1H3,(H,20,21);1H. The van der Waals surface area contributed by atoms with E-state index in [2.05, 4.69) is 15.4 Å². The number of halogens is 3. The molecule has 2 N–H and O–H groups in total. The number of nitrogens with one attached hydrogen (secondary N) is 2. The summed E-state index contributed by atoms with van der Waals surface area (Å²) in [5, 5.41) is 5.84. The molecular weight excluding hydrogens is 342 g/mol. The third-order valence-corrected chi connectivity index (χ3v) is 3.56. The van der Waals surface area contributed by atoms with Crippen LogP contribution in [0.5, 0.6) is 11.5 Å². The number of ether oxygens (including phenoxy) is 2. The Morgan fingerprint density at radius 3 is 2.88 bits per heavy atom. The molecule has 1 aromatic carbocycles. The molecule has 1 heterocycles. The van der Waals surface area contributed by atoms with Crippen molar-refractivity contribution < 1.29 is 23.0 Å². The van der Waals surface area contributed by atoms with Crippen LogP contribution in [0.2, 0.25) is 0 Å². The van der Waals surface area contributed by atoms with Gasteiger partial charge in [-0.3, -0.25) is 4.79 Å². The maximum atomic E-state index is 12.6. The van der Waals surface area contributed by atoms with Crippen LogP contribution >= 0.6 is 12.4 Å². The molecule has 0 bridgehead atoms. The number of carbonyl (C=O) groups is 1. The predicted molar refractivity (Wildman–Crippen MR) is 89.0 cm³/mol. The lowest BCUT2D eigenvalue weighted by atomic mass is 10.1. The highest BCUT2D eigenvalue weighted by atomic mass is 35.5. The lowest BCUT2D eigenvalue weighted by Gasteiger charge is -2.15. The Balaban J connectivity index is 0.00000288. The number of hydrogen-bond donors (Lipinski definition) is 2. The predicted octanol–water partition coefficient (Wildman–Crippen LogP) is 2.87. The summed E-state index contributed by atoms with van der Waals surface area (Å²) < 4.78 is 35.1. The van der Waals surface area contributed by atoms with Crippen LogP contribution in [0.1, 0.15) is 31.7 Å². The summed E-state index contributed by atoms with van der Waals surface area (Å²) in [7, 11) is 0. The molecule has 1 atom stereocenters. The lowest BCUT2D eigenvalue weighted by molar-refractivity contribution is -0.122. The molecular formula is C16H23ClF2N2O3. The number of amides is 1. The van der Waals surface area contributed by atoms with Gasteiger partial charge < -0.3 is 20.1 Å². The summed E-state index contributed by atoms with van der Waals surface area (Å²) in [5.41, 5.74) is 0.487. The van der Waals surface area contributed by atoms with Crippen molar-refractivity contribution in [1.82, 2.24) is 10.6 Å². The molecule has 1 saturated heterocycles. The van der Waals surface area contributed by atoms with E-state index in [-0.39, 0.29) is 36.7 Å². The van der Waals surface area contributed by atoms with Crippen LogP contribution in [0.25, 0.3) is 0 Å². The Labute approximate surface area is 146 Å². The maximum absolute atomic E-state index is 12.6. The van der Waals surface area contributed by atoms with Crippen LogP contribution in [0, 0.1) is 0 Å². The third kappa shape index (κ3) is 6.13. The highest BCUT2D eigenvalue weighted by molar-refractivity contribution is 5.85. The van der Waals surface area contributed by atoms with Crippen LogP contribution < -0.4 is 20.1 Å². The van der Waals surface area contributed by atoms with Gasteiger partial charge in [0.2, 0.25) is 5.91 Å². The van der Waals surface area contributed by atoms with Gasteiger partial charge in [0.1, 0.15) is 11.5 Å². The smallest absolute Gasteiger partial charge is 0.387 e. The zero-order valence-electron chi connectivity index (χ0n) is 13.5. The topological polar surface area (TPSA) is 59.6 Å². The molecule has 0 aliphatic carbocycles. The van der Waals surface area contributed by atoms with E-state index in [9.17, 15) is 13.6 Å². The van der Waals surface area contributed by atoms with Crippen molar-refractivity contribution in [3.63, 3.8) is 0 Å². The second kappa shape index (κ2) is 10.3. The van der Waals surface area contributed by atoms with Crippen molar-refractivity contribution in [2.45, 2.75) is 45.4 Å². The molecule has 0 radical (unpaired) electrons. The second-order valence-corrected chi connectivity index (χ2v) is 5.36. The van der Waals surface area contributed by atoms with Crippen molar-refractivity contribution in [1.29, 1.82) is 0 Å². The minimum atomic E-state index is -2.93. The van der Waals surface area contributed by atoms with Crippen LogP contribution in [-0.2, 0) is 11.3 Å². The summed E-state index contributed by atoms with van der Waals surface area (Å²) in [6.45, 7) is 0.478. The number of carbonyl (C=O) groups excluding carboxylic acids is 1. The van der Waals surface area contributed by atoms with E-state index in [0.717, 1.165) is 25.8 Å². The third-order valence-electron chi connectivity index (χ3n) is 3.56. The summed E-state index contributed by atoms with van der Waals surface area (Å²) in [6, 6.07) is 4.53. The Morgan fingerprint density at radius 2 is 2.25 bits per heavy atom. The fourth-order valence-electron chi connectivity index (χ4n) is 2.41. The molecule has 1 aromatic rings. The van der Waals surface area contributed by atoms with E-state index < -0.39 is 6.61 Å². The van der Waals surface area contributed by atoms with Gasteiger partial charge >= 0.3 is 6.61 Å². The summed E-state index contributed by atoms with van der Waals surface area (Å²) in [4.78, 5) is 12.0. The van der Waals surface area contributed by atoms with Gasteiger partial charge in [-0.2, -0.15) is 8.78 Å². The van der Waals surface area contributed by atoms with Crippen LogP contribution in [0.4, 0.5) is 8.78 Å². The van der Waals surface area contributed by atoms with Crippen molar-refractivity contribution >= 4 is 18.3 Å². The van der Waals surface area contributed by atoms with E-state index >= 15 is 0 Å². The van der Waals surface area contributed by atoms with Crippen molar-refractivity contribution in [2.75, 3.05) is 13.2 Å². The molecule has 1 aliphatic rings. The second-order valence-electron chi connectivity index (χ2n) is 5.36. The van der Waals surface area contributed by atoms with E-state index in [0.29, 0.717) is 17.9 Å². The van der Waals surface area contributed by atoms with E-state index in [1.165, 1.54) is 6.07 Å². The Hall–Kier alpha value is -1.60. The first-order valence-corrected chi connectivity index (χ1v) is 7.81. The minimum Gasteiger partial charge on any atom is -0.493 e. The zero-order valence-corrected chi connectivity index (χ0v) is 14.3. The molecule has 0 saturated carbocycles. The summed E-state index contributed by atoms with van der Waals surface area (Å²) in [5.74, 6) is 0.361. The van der Waals surface area contributed by atoms with E-state index in [1.807, 2.05) is 6.92 Å². The molecule has 0 spiro atoms. The highest BCUT2D eigenvalue weighted by Crippen LogP contribution is 2.26. The maximum Gasteiger partial charge on any atom is 0.387 e. The van der Waals surface area contributed by atoms with Gasteiger partial charge in [0.05, 0.1) is 12.6 Å². The number of rotatable bonds is 8. The lowest BCUT2D eigenvalue weighted by Crippen LogP contribution is -2.40. The van der Waals surface area contributed by atoms with Crippen molar-refractivity contribution in [3.8, 4) is 11.5 Å². The molecule has 1 amide bonds. The Morgan fingerprint density at radius 1 is 1.46 bits per heavy atom. The first kappa shape index (κ1) is 20.4. The van der Waals surface area contributed by atoms with Gasteiger partial charge in [-0.05, 0) is 37.9 Å². The highest BCUT2D eigenvalue weighted by Gasteiger charge is 2.22. The molecule has 8 heteroatoms. The van der Waals surface area contributed by atoms with E-state index in [4.69, 9.17) is 4.74 Å². The molecule has 2 rings (SSSR count). The molecule has 1 fully saturated rings. The molecule has 1 aliphatic heterocycles. The van der Waals surface area contributed by atoms with Crippen LogP contribution in [0.3, 0.4) is 0 Å². The van der Waals surface area contributed by atoms with E-state index in [1.54, 1.807) is 12.1 Å². The average molecular weight is 365 g/mol. The first-order valence-electron chi connectivity index (χ1n) is 7.81. The van der Waals surface area contributed by atoms with Gasteiger partial charge in [-0.1, -0.05) is 6.92 Å². The van der Waals surface area contributed by atoms with Gasteiger partial charge in [0.15, 0.2) is 0 Å². The monoisotopic (exact) mass is 364 g/mol. The first-order chi connectivity index (χ1) is 11.1. The summed E-state index contributed by atoms with van der Waals surface area (Å²) in [6.07, 6.45) is 2.56. The van der Waals surface area contributed by atoms with Gasteiger partial charge in [0.25, 0.3) is 0 Å². The normalized spacial score (nSPS) is 16.6. The minimum absolute atomic E-state index is 0. The van der Waals surface area contributed by atoms with Crippen LogP contribution in [0.15, 0.2) is 18.2 Å². The van der Waals surface area contributed by atoms with Crippen molar-refractivity contribution in [3.05, 3.63) is 23.8 Å². The summed E-state index contributed by atoms with van der Waals surface area (Å²) >= 11 is 0. The Bertz CT molecular complexity index is 526. The SMILES string of the molecule is CCCOc1ccc(CNC(=O)C2CCCN2)c(OC(F)F)c1.Cl. The average Bonchev–Trinajstić information content (AvgIpc) is 3.05. The number of hydrogen-bond acceptors (Lipinski definition) is 4. The fraction of sp³-hybridized carbons (Fsp3) is 0.562. The Kier molecular flexibility index (Phi) is 8.78. The molecule has 136 valence electrons.